The van der Waals surface area contributed by atoms with E-state index in [1.165, 1.54) is 30.5 Å². The lowest BCUT2D eigenvalue weighted by Gasteiger charge is -2.20. The Morgan fingerprint density at radius 3 is 2.84 bits per heavy atom. The summed E-state index contributed by atoms with van der Waals surface area (Å²) in [4.78, 5) is 0. The van der Waals surface area contributed by atoms with E-state index in [4.69, 9.17) is 12.2 Å². The molecule has 2 rings (SSSR count). The quantitative estimate of drug-likeness (QED) is 0.636. The van der Waals surface area contributed by atoms with Crippen LogP contribution >= 0.6 is 12.2 Å². The molecule has 102 valence electrons. The Hall–Kier alpha value is -1.42. The first-order chi connectivity index (χ1) is 9.16. The molecule has 0 aliphatic heterocycles. The first-order valence-electron chi connectivity index (χ1n) is 6.86. The van der Waals surface area contributed by atoms with Gasteiger partial charge in [-0.05, 0) is 56.0 Å². The van der Waals surface area contributed by atoms with Gasteiger partial charge < -0.3 is 5.32 Å². The Balaban J connectivity index is 1.91. The maximum atomic E-state index is 5.27. The third kappa shape index (κ3) is 4.03. The molecule has 0 unspecified atom stereocenters. The second-order valence-corrected chi connectivity index (χ2v) is 5.54. The summed E-state index contributed by atoms with van der Waals surface area (Å²) >= 11 is 5.27. The van der Waals surface area contributed by atoms with Gasteiger partial charge in [-0.1, -0.05) is 31.5 Å². The van der Waals surface area contributed by atoms with Crippen molar-refractivity contribution in [3.8, 4) is 0 Å². The minimum Gasteiger partial charge on any atom is -0.331 e. The Morgan fingerprint density at radius 2 is 2.11 bits per heavy atom. The zero-order valence-electron chi connectivity index (χ0n) is 11.6. The molecule has 19 heavy (non-hydrogen) atoms. The first kappa shape index (κ1) is 14.0. The summed E-state index contributed by atoms with van der Waals surface area (Å²) in [5.41, 5.74) is 6.40. The summed E-state index contributed by atoms with van der Waals surface area (Å²) in [6, 6.07) is 8.08. The third-order valence-corrected chi connectivity index (χ3v) is 3.78. The molecule has 4 heteroatoms. The number of benzene rings is 1. The largest absolute Gasteiger partial charge is 0.331 e. The number of aryl methyl sites for hydroxylation is 1. The third-order valence-electron chi connectivity index (χ3n) is 3.58. The number of rotatable bonds is 2. The molecular weight excluding hydrogens is 254 g/mol. The fourth-order valence-corrected chi connectivity index (χ4v) is 2.48. The summed E-state index contributed by atoms with van der Waals surface area (Å²) in [6.45, 7) is 4.29. The van der Waals surface area contributed by atoms with E-state index in [2.05, 4.69) is 35.8 Å². The van der Waals surface area contributed by atoms with Crippen LogP contribution in [0.3, 0.4) is 0 Å². The van der Waals surface area contributed by atoms with Crippen LogP contribution in [0.5, 0.6) is 0 Å². The molecule has 0 heterocycles. The van der Waals surface area contributed by atoms with Crippen molar-refractivity contribution in [2.45, 2.75) is 39.5 Å². The highest BCUT2D eigenvalue weighted by molar-refractivity contribution is 7.80. The van der Waals surface area contributed by atoms with Crippen LogP contribution in [-0.4, -0.2) is 10.8 Å². The van der Waals surface area contributed by atoms with E-state index in [1.54, 1.807) is 0 Å². The van der Waals surface area contributed by atoms with Gasteiger partial charge in [-0.2, -0.15) is 5.10 Å². The highest BCUT2D eigenvalue weighted by atomic mass is 32.1. The molecule has 0 amide bonds. The van der Waals surface area contributed by atoms with Crippen LogP contribution in [0.4, 0.5) is 5.69 Å². The second-order valence-electron chi connectivity index (χ2n) is 5.13. The molecular formula is C15H21N3S. The van der Waals surface area contributed by atoms with Crippen LogP contribution in [0.2, 0.25) is 0 Å². The predicted molar refractivity (Wildman–Crippen MR) is 85.6 cm³/mol. The molecule has 0 aromatic heterocycles. The zero-order valence-corrected chi connectivity index (χ0v) is 12.4. The second kappa shape index (κ2) is 6.66. The number of nitrogens with zero attached hydrogens (tertiary/aromatic N) is 1. The van der Waals surface area contributed by atoms with Crippen LogP contribution in [0.15, 0.2) is 29.4 Å². The van der Waals surface area contributed by atoms with Crippen molar-refractivity contribution < 1.29 is 0 Å². The highest BCUT2D eigenvalue weighted by Crippen LogP contribution is 2.20. The summed E-state index contributed by atoms with van der Waals surface area (Å²) in [5, 5.41) is 8.19. The monoisotopic (exact) mass is 275 g/mol. The summed E-state index contributed by atoms with van der Waals surface area (Å²) in [7, 11) is 0. The summed E-state index contributed by atoms with van der Waals surface area (Å²) < 4.78 is 0. The average Bonchev–Trinajstić information content (AvgIpc) is 2.40. The fourth-order valence-electron chi connectivity index (χ4n) is 2.32. The Bertz CT molecular complexity index is 482. The molecule has 0 bridgehead atoms. The van der Waals surface area contributed by atoms with Gasteiger partial charge in [0.2, 0.25) is 0 Å². The van der Waals surface area contributed by atoms with Gasteiger partial charge in [0, 0.05) is 11.4 Å². The molecule has 1 aromatic rings. The number of hydrazone groups is 1. The van der Waals surface area contributed by atoms with Gasteiger partial charge in [-0.15, -0.1) is 0 Å². The van der Waals surface area contributed by atoms with Crippen molar-refractivity contribution >= 4 is 28.7 Å². The van der Waals surface area contributed by atoms with Crippen molar-refractivity contribution in [1.29, 1.82) is 0 Å². The minimum atomic E-state index is 0.555. The van der Waals surface area contributed by atoms with Gasteiger partial charge in [0.1, 0.15) is 0 Å². The van der Waals surface area contributed by atoms with Crippen LogP contribution in [0, 0.1) is 12.8 Å². The van der Waals surface area contributed by atoms with Gasteiger partial charge in [0.25, 0.3) is 0 Å². The molecule has 1 aliphatic carbocycles. The smallest absolute Gasteiger partial charge is 0.191 e. The fraction of sp³-hybridized carbons (Fsp3) is 0.467. The van der Waals surface area contributed by atoms with Crippen LogP contribution < -0.4 is 10.7 Å². The van der Waals surface area contributed by atoms with Crippen molar-refractivity contribution in [2.24, 2.45) is 11.0 Å². The molecule has 2 N–H and O–H groups in total. The van der Waals surface area contributed by atoms with E-state index >= 15 is 0 Å². The lowest BCUT2D eigenvalue weighted by atomic mass is 9.89. The average molecular weight is 275 g/mol. The summed E-state index contributed by atoms with van der Waals surface area (Å²) in [6.07, 6.45) is 4.87. The predicted octanol–water partition coefficient (Wildman–Crippen LogP) is 3.85. The van der Waals surface area contributed by atoms with Gasteiger partial charge >= 0.3 is 0 Å². The Morgan fingerprint density at radius 1 is 1.32 bits per heavy atom. The number of para-hydroxylation sites is 1. The Labute approximate surface area is 120 Å². The van der Waals surface area contributed by atoms with Crippen LogP contribution in [-0.2, 0) is 0 Å². The molecule has 1 aromatic carbocycles. The zero-order chi connectivity index (χ0) is 13.7. The SMILES string of the molecule is Cc1ccccc1NC(=S)N/N=C1/CCCC[C@@H]1C. The standard InChI is InChI=1S/C15H21N3S/c1-11-7-3-5-9-13(11)16-15(19)18-17-14-10-6-4-8-12(14)2/h3,5,7,9,12H,4,6,8,10H2,1-2H3,(H2,16,18,19)/b17-14-/t12-/m0/s1. The first-order valence-corrected chi connectivity index (χ1v) is 7.26. The minimum absolute atomic E-state index is 0.555. The van der Waals surface area contributed by atoms with Crippen LogP contribution in [0.1, 0.15) is 38.2 Å². The number of hydrogen-bond acceptors (Lipinski definition) is 2. The molecule has 1 aliphatic rings. The summed E-state index contributed by atoms with van der Waals surface area (Å²) in [5.74, 6) is 0.572. The lowest BCUT2D eigenvalue weighted by Crippen LogP contribution is -2.27. The van der Waals surface area contributed by atoms with Crippen LogP contribution in [0.25, 0.3) is 0 Å². The van der Waals surface area contributed by atoms with E-state index in [0.717, 1.165) is 12.1 Å². The number of hydrogen-bond donors (Lipinski definition) is 2. The van der Waals surface area contributed by atoms with E-state index in [1.807, 2.05) is 18.2 Å². The number of thiocarbonyl (C=S) groups is 1. The van der Waals surface area contributed by atoms with E-state index < -0.39 is 0 Å². The van der Waals surface area contributed by atoms with E-state index in [9.17, 15) is 0 Å². The normalized spacial score (nSPS) is 21.2. The molecule has 3 nitrogen and oxygen atoms in total. The lowest BCUT2D eigenvalue weighted by molar-refractivity contribution is 0.555. The topological polar surface area (TPSA) is 36.4 Å². The van der Waals surface area contributed by atoms with Gasteiger partial charge in [0.15, 0.2) is 5.11 Å². The Kier molecular flexibility index (Phi) is 4.91. The maximum Gasteiger partial charge on any atom is 0.191 e. The molecule has 1 fully saturated rings. The van der Waals surface area contributed by atoms with Crippen molar-refractivity contribution in [1.82, 2.24) is 5.43 Å². The molecule has 1 atom stereocenters. The molecule has 1 saturated carbocycles. The van der Waals surface area contributed by atoms with E-state index in [0.29, 0.717) is 11.0 Å². The van der Waals surface area contributed by atoms with Gasteiger partial charge in [-0.3, -0.25) is 5.43 Å². The maximum absolute atomic E-state index is 5.27. The molecule has 0 spiro atoms. The number of nitrogens with one attached hydrogen (secondary N) is 2. The van der Waals surface area contributed by atoms with Gasteiger partial charge in [-0.25, -0.2) is 0 Å². The van der Waals surface area contributed by atoms with Gasteiger partial charge in [0.05, 0.1) is 0 Å². The van der Waals surface area contributed by atoms with Crippen molar-refractivity contribution in [3.05, 3.63) is 29.8 Å². The number of anilines is 1. The molecule has 0 radical (unpaired) electrons. The molecule has 0 saturated heterocycles. The van der Waals surface area contributed by atoms with Crippen molar-refractivity contribution in [3.63, 3.8) is 0 Å². The van der Waals surface area contributed by atoms with E-state index in [-0.39, 0.29) is 0 Å². The highest BCUT2D eigenvalue weighted by Gasteiger charge is 2.15. The van der Waals surface area contributed by atoms with Crippen molar-refractivity contribution in [2.75, 3.05) is 5.32 Å².